The second kappa shape index (κ2) is 3.52. The Hall–Kier alpha value is -0.800. The average molecular weight is 207 g/mol. The van der Waals surface area contributed by atoms with Gasteiger partial charge < -0.3 is 0 Å². The van der Waals surface area contributed by atoms with Crippen LogP contribution < -0.4 is 0 Å². The van der Waals surface area contributed by atoms with E-state index in [1.54, 1.807) is 11.3 Å². The third kappa shape index (κ3) is 1.76. The number of hydrogen-bond acceptors (Lipinski definition) is 3. The number of aromatic nitrogens is 1. The minimum absolute atomic E-state index is 0.983. The van der Waals surface area contributed by atoms with Crippen LogP contribution in [0.5, 0.6) is 0 Å². The predicted molar refractivity (Wildman–Crippen MR) is 59.5 cm³/mol. The van der Waals surface area contributed by atoms with E-state index in [1.165, 1.54) is 5.56 Å². The van der Waals surface area contributed by atoms with Crippen molar-refractivity contribution in [2.24, 2.45) is 0 Å². The number of hydrogen-bond donors (Lipinski definition) is 1. The van der Waals surface area contributed by atoms with Crippen LogP contribution in [0.1, 0.15) is 5.56 Å². The molecule has 2 aromatic rings. The molecule has 0 fully saturated rings. The first-order valence-electron chi connectivity index (χ1n) is 3.95. The van der Waals surface area contributed by atoms with Gasteiger partial charge in [-0.05, 0) is 19.1 Å². The van der Waals surface area contributed by atoms with Crippen molar-refractivity contribution in [1.82, 2.24) is 4.98 Å². The third-order valence-corrected chi connectivity index (χ3v) is 2.84. The van der Waals surface area contributed by atoms with Gasteiger partial charge in [-0.1, -0.05) is 11.6 Å². The van der Waals surface area contributed by atoms with Gasteiger partial charge in [0.15, 0.2) is 0 Å². The predicted octanol–water partition coefficient (Wildman–Crippen LogP) is 3.41. The van der Waals surface area contributed by atoms with Crippen LogP contribution in [0.25, 0.3) is 11.3 Å². The van der Waals surface area contributed by atoms with E-state index in [4.69, 9.17) is 0 Å². The molecule has 1 heterocycles. The summed E-state index contributed by atoms with van der Waals surface area (Å²) in [6.45, 7) is 2.07. The Morgan fingerprint density at radius 2 is 2.23 bits per heavy atom. The Kier molecular flexibility index (Phi) is 2.38. The van der Waals surface area contributed by atoms with E-state index in [0.717, 1.165) is 16.2 Å². The van der Waals surface area contributed by atoms with Gasteiger partial charge in [0.1, 0.15) is 0 Å². The SMILES string of the molecule is Cc1ccc(S)c(-c2cscn2)c1. The zero-order valence-electron chi connectivity index (χ0n) is 7.19. The molecule has 0 aliphatic heterocycles. The molecule has 1 nitrogen and oxygen atoms in total. The Labute approximate surface area is 86.9 Å². The van der Waals surface area contributed by atoms with Gasteiger partial charge in [-0.3, -0.25) is 0 Å². The van der Waals surface area contributed by atoms with Crippen LogP contribution in [0.2, 0.25) is 0 Å². The van der Waals surface area contributed by atoms with Gasteiger partial charge in [0, 0.05) is 15.8 Å². The zero-order chi connectivity index (χ0) is 9.26. The van der Waals surface area contributed by atoms with Gasteiger partial charge in [-0.2, -0.15) is 0 Å². The minimum Gasteiger partial charge on any atom is -0.245 e. The molecule has 0 N–H and O–H groups in total. The van der Waals surface area contributed by atoms with Crippen LogP contribution >= 0.6 is 24.0 Å². The molecule has 0 saturated heterocycles. The lowest BCUT2D eigenvalue weighted by Crippen LogP contribution is -1.81. The summed E-state index contributed by atoms with van der Waals surface area (Å²) >= 11 is 6.00. The minimum atomic E-state index is 0.983. The molecule has 2 rings (SSSR count). The molecule has 0 amide bonds. The Bertz CT molecular complexity index is 407. The first kappa shape index (κ1) is 8.78. The van der Waals surface area contributed by atoms with Crippen LogP contribution in [-0.4, -0.2) is 4.98 Å². The summed E-state index contributed by atoms with van der Waals surface area (Å²) in [5.74, 6) is 0. The first-order valence-corrected chi connectivity index (χ1v) is 5.34. The maximum Gasteiger partial charge on any atom is 0.0822 e. The number of thiol groups is 1. The molecule has 3 heteroatoms. The van der Waals surface area contributed by atoms with Crippen molar-refractivity contribution in [2.75, 3.05) is 0 Å². The second-order valence-corrected chi connectivity index (χ2v) is 4.09. The fourth-order valence-electron chi connectivity index (χ4n) is 1.20. The Morgan fingerprint density at radius 3 is 2.92 bits per heavy atom. The van der Waals surface area contributed by atoms with Crippen LogP contribution in [-0.2, 0) is 0 Å². The lowest BCUT2D eigenvalue weighted by Gasteiger charge is -2.02. The zero-order valence-corrected chi connectivity index (χ0v) is 8.90. The average Bonchev–Trinajstić information content (AvgIpc) is 2.61. The van der Waals surface area contributed by atoms with Crippen molar-refractivity contribution >= 4 is 24.0 Å². The molecule has 1 aromatic heterocycles. The lowest BCUT2D eigenvalue weighted by atomic mass is 10.1. The van der Waals surface area contributed by atoms with E-state index < -0.39 is 0 Å². The molecule has 0 aliphatic carbocycles. The van der Waals surface area contributed by atoms with Crippen molar-refractivity contribution in [3.8, 4) is 11.3 Å². The quantitative estimate of drug-likeness (QED) is 0.707. The summed E-state index contributed by atoms with van der Waals surface area (Å²) in [5.41, 5.74) is 5.20. The van der Waals surface area contributed by atoms with Crippen LogP contribution in [0.15, 0.2) is 34.0 Å². The highest BCUT2D eigenvalue weighted by molar-refractivity contribution is 7.80. The normalized spacial score (nSPS) is 10.3. The lowest BCUT2D eigenvalue weighted by molar-refractivity contribution is 1.33. The fraction of sp³-hybridized carbons (Fsp3) is 0.100. The van der Waals surface area contributed by atoms with Crippen LogP contribution in [0, 0.1) is 6.92 Å². The van der Waals surface area contributed by atoms with Crippen molar-refractivity contribution in [2.45, 2.75) is 11.8 Å². The Balaban J connectivity index is 2.57. The maximum absolute atomic E-state index is 4.40. The highest BCUT2D eigenvalue weighted by Crippen LogP contribution is 2.26. The Morgan fingerprint density at radius 1 is 1.38 bits per heavy atom. The van der Waals surface area contributed by atoms with Gasteiger partial charge in [-0.25, -0.2) is 4.98 Å². The van der Waals surface area contributed by atoms with Crippen molar-refractivity contribution in [1.29, 1.82) is 0 Å². The summed E-state index contributed by atoms with van der Waals surface area (Å²) in [5, 5.41) is 2.04. The molecule has 0 unspecified atom stereocenters. The highest BCUT2D eigenvalue weighted by Gasteiger charge is 2.03. The third-order valence-electron chi connectivity index (χ3n) is 1.86. The highest BCUT2D eigenvalue weighted by atomic mass is 32.1. The van der Waals surface area contributed by atoms with Crippen LogP contribution in [0.3, 0.4) is 0 Å². The van der Waals surface area contributed by atoms with Crippen molar-refractivity contribution in [3.63, 3.8) is 0 Å². The maximum atomic E-state index is 4.40. The fourth-order valence-corrected chi connectivity index (χ4v) is 2.01. The molecule has 66 valence electrons. The number of aryl methyl sites for hydroxylation is 1. The summed E-state index contributed by atoms with van der Waals surface area (Å²) in [6.07, 6.45) is 0. The summed E-state index contributed by atoms with van der Waals surface area (Å²) in [6, 6.07) is 6.17. The molecule has 0 spiro atoms. The molecule has 0 atom stereocenters. The first-order chi connectivity index (χ1) is 6.27. The van der Waals surface area contributed by atoms with E-state index in [9.17, 15) is 0 Å². The number of thiazole rings is 1. The number of nitrogens with zero attached hydrogens (tertiary/aromatic N) is 1. The molecule has 0 saturated carbocycles. The van der Waals surface area contributed by atoms with Gasteiger partial charge in [0.05, 0.1) is 11.2 Å². The van der Waals surface area contributed by atoms with E-state index in [-0.39, 0.29) is 0 Å². The summed E-state index contributed by atoms with van der Waals surface area (Å²) < 4.78 is 0. The van der Waals surface area contributed by atoms with Crippen molar-refractivity contribution in [3.05, 3.63) is 34.7 Å². The molecule has 0 bridgehead atoms. The number of benzene rings is 1. The monoisotopic (exact) mass is 207 g/mol. The molecular weight excluding hydrogens is 198 g/mol. The standard InChI is InChI=1S/C10H9NS2/c1-7-2-3-10(12)8(4-7)9-5-13-6-11-9/h2-6,12H,1H3. The van der Waals surface area contributed by atoms with Crippen molar-refractivity contribution < 1.29 is 0 Å². The summed E-state index contributed by atoms with van der Waals surface area (Å²) in [4.78, 5) is 5.24. The van der Waals surface area contributed by atoms with Crippen LogP contribution in [0.4, 0.5) is 0 Å². The second-order valence-electron chi connectivity index (χ2n) is 2.89. The molecule has 0 aliphatic rings. The van der Waals surface area contributed by atoms with E-state index in [1.807, 2.05) is 17.0 Å². The summed E-state index contributed by atoms with van der Waals surface area (Å²) in [7, 11) is 0. The van der Waals surface area contributed by atoms with Gasteiger partial charge in [-0.15, -0.1) is 24.0 Å². The molecule has 1 aromatic carbocycles. The van der Waals surface area contributed by atoms with Gasteiger partial charge >= 0.3 is 0 Å². The smallest absolute Gasteiger partial charge is 0.0822 e. The molecule has 0 radical (unpaired) electrons. The van der Waals surface area contributed by atoms with E-state index >= 15 is 0 Å². The van der Waals surface area contributed by atoms with Gasteiger partial charge in [0.2, 0.25) is 0 Å². The topological polar surface area (TPSA) is 12.9 Å². The van der Waals surface area contributed by atoms with Gasteiger partial charge in [0.25, 0.3) is 0 Å². The van der Waals surface area contributed by atoms with E-state index in [0.29, 0.717) is 0 Å². The number of rotatable bonds is 1. The molecular formula is C10H9NS2. The van der Waals surface area contributed by atoms with E-state index in [2.05, 4.69) is 36.7 Å². The largest absolute Gasteiger partial charge is 0.245 e. The molecule has 13 heavy (non-hydrogen) atoms.